The minimum atomic E-state index is 0.489. The second-order valence-electron chi connectivity index (χ2n) is 4.24. The molecule has 0 radical (unpaired) electrons. The lowest BCUT2D eigenvalue weighted by Crippen LogP contribution is -1.92. The van der Waals surface area contributed by atoms with E-state index in [9.17, 15) is 0 Å². The summed E-state index contributed by atoms with van der Waals surface area (Å²) >= 11 is 7.92. The van der Waals surface area contributed by atoms with Gasteiger partial charge in [-0.15, -0.1) is 0 Å². The van der Waals surface area contributed by atoms with Gasteiger partial charge >= 0.3 is 0 Å². The van der Waals surface area contributed by atoms with E-state index >= 15 is 0 Å². The third-order valence-corrected chi connectivity index (χ3v) is 4.08. The van der Waals surface area contributed by atoms with Crippen LogP contribution in [0.4, 0.5) is 0 Å². The molecule has 3 aromatic rings. The summed E-state index contributed by atoms with van der Waals surface area (Å²) in [5, 5.41) is 5.52. The summed E-state index contributed by atoms with van der Waals surface area (Å²) in [6, 6.07) is 7.79. The molecule has 3 rings (SSSR count). The lowest BCUT2D eigenvalue weighted by atomic mass is 10.1. The number of hydrogen-bond acceptors (Lipinski definition) is 4. The lowest BCUT2D eigenvalue weighted by molar-refractivity contribution is 0.356. The van der Waals surface area contributed by atoms with E-state index in [0.717, 1.165) is 22.0 Å². The topological polar surface area (TPSA) is 31.4 Å². The fraction of sp³-hybridized carbons (Fsp3) is 0.133. The molecule has 1 aromatic carbocycles. The third-order valence-electron chi connectivity index (χ3n) is 3.11. The Morgan fingerprint density at radius 1 is 1.10 bits per heavy atom. The van der Waals surface area contributed by atoms with Gasteiger partial charge in [0, 0.05) is 17.0 Å². The van der Waals surface area contributed by atoms with E-state index in [1.807, 2.05) is 29.6 Å². The van der Waals surface area contributed by atoms with Gasteiger partial charge in [0.25, 0.3) is 0 Å². The summed E-state index contributed by atoms with van der Waals surface area (Å²) < 4.78 is 10.6. The number of nitrogens with zero attached hydrogens (tertiary/aromatic N) is 1. The molecule has 0 spiro atoms. The highest BCUT2D eigenvalue weighted by atomic mass is 35.5. The van der Waals surface area contributed by atoms with E-state index in [0.29, 0.717) is 16.7 Å². The molecule has 20 heavy (non-hydrogen) atoms. The zero-order valence-corrected chi connectivity index (χ0v) is 12.6. The van der Waals surface area contributed by atoms with Crippen LogP contribution in [0, 0.1) is 0 Å². The molecule has 0 aliphatic carbocycles. The van der Waals surface area contributed by atoms with Crippen LogP contribution in [0.1, 0.15) is 0 Å². The van der Waals surface area contributed by atoms with E-state index in [-0.39, 0.29) is 0 Å². The van der Waals surface area contributed by atoms with Crippen molar-refractivity contribution in [2.45, 2.75) is 0 Å². The smallest absolute Gasteiger partial charge is 0.162 e. The van der Waals surface area contributed by atoms with Gasteiger partial charge in [0.05, 0.1) is 19.7 Å². The minimum absolute atomic E-state index is 0.489. The first-order valence-corrected chi connectivity index (χ1v) is 7.30. The fourth-order valence-electron chi connectivity index (χ4n) is 2.10. The van der Waals surface area contributed by atoms with Crippen LogP contribution in [-0.4, -0.2) is 19.2 Å². The van der Waals surface area contributed by atoms with Crippen LogP contribution in [-0.2, 0) is 0 Å². The number of halogens is 1. The van der Waals surface area contributed by atoms with Crippen LogP contribution in [0.25, 0.3) is 22.0 Å². The molecule has 0 unspecified atom stereocenters. The second-order valence-corrected chi connectivity index (χ2v) is 5.38. The second kappa shape index (κ2) is 5.31. The molecular formula is C15H12ClNO2S. The molecule has 2 heterocycles. The van der Waals surface area contributed by atoms with Crippen LogP contribution < -0.4 is 9.47 Å². The number of hydrogen-bond donors (Lipinski definition) is 0. The molecule has 0 amide bonds. The zero-order chi connectivity index (χ0) is 14.1. The van der Waals surface area contributed by atoms with Crippen LogP contribution in [0.3, 0.4) is 0 Å². The number of rotatable bonds is 3. The first-order valence-electron chi connectivity index (χ1n) is 5.98. The fourth-order valence-corrected chi connectivity index (χ4v) is 3.01. The van der Waals surface area contributed by atoms with Gasteiger partial charge in [0.1, 0.15) is 5.15 Å². The third kappa shape index (κ3) is 2.21. The summed E-state index contributed by atoms with van der Waals surface area (Å²) in [6.07, 6.45) is 0. The minimum Gasteiger partial charge on any atom is -0.493 e. The monoisotopic (exact) mass is 305 g/mol. The number of pyridine rings is 1. The Balaban J connectivity index is 2.24. The van der Waals surface area contributed by atoms with Gasteiger partial charge in [-0.25, -0.2) is 4.98 Å². The standard InChI is InChI=1S/C15H12ClNO2S/c1-18-13-6-10-5-11(9-3-4-20-8-9)15(16)17-12(10)7-14(13)19-2/h3-8H,1-2H3. The van der Waals surface area contributed by atoms with Crippen molar-refractivity contribution >= 4 is 33.8 Å². The quantitative estimate of drug-likeness (QED) is 0.661. The van der Waals surface area contributed by atoms with Crippen LogP contribution in [0.2, 0.25) is 5.15 Å². The van der Waals surface area contributed by atoms with Gasteiger partial charge in [-0.3, -0.25) is 0 Å². The summed E-state index contributed by atoms with van der Waals surface area (Å²) in [5.74, 6) is 1.33. The predicted octanol–water partition coefficient (Wildman–Crippen LogP) is 4.63. The van der Waals surface area contributed by atoms with Crippen LogP contribution in [0.5, 0.6) is 11.5 Å². The molecule has 5 heteroatoms. The van der Waals surface area contributed by atoms with Gasteiger partial charge in [0.2, 0.25) is 0 Å². The van der Waals surface area contributed by atoms with Gasteiger partial charge in [-0.2, -0.15) is 11.3 Å². The molecular weight excluding hydrogens is 294 g/mol. The van der Waals surface area contributed by atoms with Crippen molar-refractivity contribution in [3.8, 4) is 22.6 Å². The maximum atomic E-state index is 6.29. The first-order chi connectivity index (χ1) is 9.72. The van der Waals surface area contributed by atoms with E-state index < -0.39 is 0 Å². The van der Waals surface area contributed by atoms with Gasteiger partial charge in [-0.05, 0) is 34.5 Å². The van der Waals surface area contributed by atoms with E-state index in [1.54, 1.807) is 25.6 Å². The zero-order valence-electron chi connectivity index (χ0n) is 11.0. The number of thiophene rings is 1. The Hall–Kier alpha value is -1.78. The number of benzene rings is 1. The average molecular weight is 306 g/mol. The highest BCUT2D eigenvalue weighted by molar-refractivity contribution is 7.08. The Kier molecular flexibility index (Phi) is 3.51. The maximum Gasteiger partial charge on any atom is 0.162 e. The first kappa shape index (κ1) is 13.2. The normalized spacial score (nSPS) is 10.8. The summed E-state index contributed by atoms with van der Waals surface area (Å²) in [5.41, 5.74) is 2.78. The van der Waals surface area contributed by atoms with Crippen molar-refractivity contribution in [3.05, 3.63) is 40.2 Å². The molecule has 0 bridgehead atoms. The number of fused-ring (bicyclic) bond motifs is 1. The van der Waals surface area contributed by atoms with Crippen molar-refractivity contribution in [2.75, 3.05) is 14.2 Å². The summed E-state index contributed by atoms with van der Waals surface area (Å²) in [7, 11) is 3.22. The highest BCUT2D eigenvalue weighted by Crippen LogP contribution is 2.36. The SMILES string of the molecule is COc1cc2cc(-c3ccsc3)c(Cl)nc2cc1OC. The Bertz CT molecular complexity index is 756. The largest absolute Gasteiger partial charge is 0.493 e. The molecule has 0 aliphatic rings. The van der Waals surface area contributed by atoms with E-state index in [1.165, 1.54) is 0 Å². The molecule has 0 N–H and O–H groups in total. The number of methoxy groups -OCH3 is 2. The molecule has 0 atom stereocenters. The molecule has 0 fully saturated rings. The molecule has 0 aliphatic heterocycles. The highest BCUT2D eigenvalue weighted by Gasteiger charge is 2.11. The van der Waals surface area contributed by atoms with Gasteiger partial charge in [0.15, 0.2) is 11.5 Å². The molecule has 3 nitrogen and oxygen atoms in total. The van der Waals surface area contributed by atoms with Gasteiger partial charge in [-0.1, -0.05) is 11.6 Å². The maximum absolute atomic E-state index is 6.29. The summed E-state index contributed by atoms with van der Waals surface area (Å²) in [6.45, 7) is 0. The Morgan fingerprint density at radius 2 is 1.85 bits per heavy atom. The van der Waals surface area contributed by atoms with E-state index in [2.05, 4.69) is 10.4 Å². The van der Waals surface area contributed by atoms with E-state index in [4.69, 9.17) is 21.1 Å². The van der Waals surface area contributed by atoms with Crippen molar-refractivity contribution in [1.29, 1.82) is 0 Å². The van der Waals surface area contributed by atoms with Crippen molar-refractivity contribution in [3.63, 3.8) is 0 Å². The molecule has 0 saturated heterocycles. The van der Waals surface area contributed by atoms with Crippen molar-refractivity contribution in [2.24, 2.45) is 0 Å². The Labute approximate surface area is 125 Å². The van der Waals surface area contributed by atoms with Crippen LogP contribution in [0.15, 0.2) is 35.0 Å². The van der Waals surface area contributed by atoms with Crippen molar-refractivity contribution < 1.29 is 9.47 Å². The van der Waals surface area contributed by atoms with Crippen molar-refractivity contribution in [1.82, 2.24) is 4.98 Å². The molecule has 2 aromatic heterocycles. The molecule has 0 saturated carbocycles. The Morgan fingerprint density at radius 3 is 2.50 bits per heavy atom. The van der Waals surface area contributed by atoms with Gasteiger partial charge < -0.3 is 9.47 Å². The van der Waals surface area contributed by atoms with Crippen LogP contribution >= 0.6 is 22.9 Å². The molecule has 102 valence electrons. The number of ether oxygens (including phenoxy) is 2. The average Bonchev–Trinajstić information content (AvgIpc) is 2.99. The number of aromatic nitrogens is 1. The lowest BCUT2D eigenvalue weighted by Gasteiger charge is -2.10. The predicted molar refractivity (Wildman–Crippen MR) is 83.2 cm³/mol. The summed E-state index contributed by atoms with van der Waals surface area (Å²) in [4.78, 5) is 4.45.